The van der Waals surface area contributed by atoms with Gasteiger partial charge in [-0.15, -0.1) is 0 Å². The number of carbonyl (C=O) groups excluding carboxylic acids is 2. The lowest BCUT2D eigenvalue weighted by molar-refractivity contribution is -0.115. The third-order valence-corrected chi connectivity index (χ3v) is 4.89. The molecule has 0 aliphatic carbocycles. The average molecular weight is 372 g/mol. The van der Waals surface area contributed by atoms with E-state index >= 15 is 0 Å². The molecule has 0 unspecified atom stereocenters. The molecule has 0 atom stereocenters. The molecule has 1 aliphatic heterocycles. The van der Waals surface area contributed by atoms with Crippen LogP contribution < -0.4 is 5.32 Å². The Bertz CT molecular complexity index is 1070. The zero-order chi connectivity index (χ0) is 17.6. The van der Waals surface area contributed by atoms with Crippen molar-refractivity contribution in [1.82, 2.24) is 15.3 Å². The van der Waals surface area contributed by atoms with Crippen LogP contribution in [0.3, 0.4) is 0 Å². The summed E-state index contributed by atoms with van der Waals surface area (Å²) >= 11 is 6.83. The number of imide groups is 1. The highest BCUT2D eigenvalue weighted by molar-refractivity contribution is 8.18. The van der Waals surface area contributed by atoms with Crippen LogP contribution in [0.15, 0.2) is 40.0 Å². The van der Waals surface area contributed by atoms with Gasteiger partial charge < -0.3 is 4.42 Å². The van der Waals surface area contributed by atoms with Gasteiger partial charge in [0.2, 0.25) is 0 Å². The molecule has 1 fully saturated rings. The summed E-state index contributed by atoms with van der Waals surface area (Å²) in [6.07, 6.45) is 6.56. The predicted octanol–water partition coefficient (Wildman–Crippen LogP) is 4.18. The Morgan fingerprint density at radius 2 is 2.08 bits per heavy atom. The van der Waals surface area contributed by atoms with Crippen molar-refractivity contribution in [2.45, 2.75) is 6.92 Å². The van der Waals surface area contributed by atoms with Crippen LogP contribution in [-0.2, 0) is 4.79 Å². The van der Waals surface area contributed by atoms with Gasteiger partial charge >= 0.3 is 0 Å². The molecule has 3 aromatic rings. The first-order valence-corrected chi connectivity index (χ1v) is 8.45. The van der Waals surface area contributed by atoms with Crippen LogP contribution in [0, 0.1) is 6.92 Å². The zero-order valence-electron chi connectivity index (χ0n) is 12.9. The minimum Gasteiger partial charge on any atom is -0.456 e. The molecular formula is C17H10ClN3O3S. The highest BCUT2D eigenvalue weighted by Gasteiger charge is 2.25. The largest absolute Gasteiger partial charge is 0.456 e. The number of nitrogens with zero attached hydrogens (tertiary/aromatic N) is 2. The summed E-state index contributed by atoms with van der Waals surface area (Å²) in [5.74, 6) is 0.0431. The number of hydrogen-bond donors (Lipinski definition) is 1. The topological polar surface area (TPSA) is 85.1 Å². The number of pyridine rings is 2. The third-order valence-electron chi connectivity index (χ3n) is 3.68. The van der Waals surface area contributed by atoms with Crippen LogP contribution in [0.5, 0.6) is 0 Å². The Balaban J connectivity index is 1.81. The predicted molar refractivity (Wildman–Crippen MR) is 96.1 cm³/mol. The average Bonchev–Trinajstić information content (AvgIpc) is 3.12. The summed E-state index contributed by atoms with van der Waals surface area (Å²) < 4.78 is 5.89. The highest BCUT2D eigenvalue weighted by Crippen LogP contribution is 2.33. The molecule has 0 bridgehead atoms. The number of thioether (sulfide) groups is 1. The lowest BCUT2D eigenvalue weighted by atomic mass is 10.1. The van der Waals surface area contributed by atoms with Crippen molar-refractivity contribution >= 4 is 51.6 Å². The normalized spacial score (nSPS) is 16.0. The number of furan rings is 1. The summed E-state index contributed by atoms with van der Waals surface area (Å²) in [6, 6.07) is 3.68. The van der Waals surface area contributed by atoms with Crippen molar-refractivity contribution in [3.05, 3.63) is 52.1 Å². The third kappa shape index (κ3) is 2.92. The van der Waals surface area contributed by atoms with Crippen LogP contribution in [-0.4, -0.2) is 21.1 Å². The Morgan fingerprint density at radius 1 is 1.24 bits per heavy atom. The second kappa shape index (κ2) is 6.02. The number of aryl methyl sites for hydroxylation is 1. The molecule has 4 rings (SSSR count). The molecule has 0 aromatic carbocycles. The van der Waals surface area contributed by atoms with E-state index in [0.29, 0.717) is 21.4 Å². The molecule has 25 heavy (non-hydrogen) atoms. The first kappa shape index (κ1) is 15.9. The van der Waals surface area contributed by atoms with E-state index in [0.717, 1.165) is 33.8 Å². The van der Waals surface area contributed by atoms with Crippen LogP contribution in [0.2, 0.25) is 5.15 Å². The standard InChI is InChI=1S/C17H10ClN3O3S/c1-8-2-9(6-20-15(8)18)12-7-19-5-10-3-11(24-14(10)12)4-13-16(22)21-17(23)25-13/h2-7H,1H3,(H,21,22,23)/b13-4+. The molecule has 4 heterocycles. The van der Waals surface area contributed by atoms with Gasteiger partial charge in [-0.1, -0.05) is 11.6 Å². The maximum Gasteiger partial charge on any atom is 0.290 e. The monoisotopic (exact) mass is 371 g/mol. The van der Waals surface area contributed by atoms with E-state index < -0.39 is 11.1 Å². The van der Waals surface area contributed by atoms with Crippen molar-refractivity contribution in [1.29, 1.82) is 0 Å². The first-order chi connectivity index (χ1) is 12.0. The van der Waals surface area contributed by atoms with Gasteiger partial charge in [0.05, 0.1) is 4.91 Å². The molecule has 6 nitrogen and oxygen atoms in total. The lowest BCUT2D eigenvalue weighted by Crippen LogP contribution is -2.17. The van der Waals surface area contributed by atoms with Crippen LogP contribution in [0.1, 0.15) is 11.3 Å². The highest BCUT2D eigenvalue weighted by atomic mass is 35.5. The van der Waals surface area contributed by atoms with Crippen molar-refractivity contribution in [3.63, 3.8) is 0 Å². The maximum absolute atomic E-state index is 11.7. The molecule has 0 spiro atoms. The van der Waals surface area contributed by atoms with Crippen molar-refractivity contribution in [2.75, 3.05) is 0 Å². The lowest BCUT2D eigenvalue weighted by Gasteiger charge is -2.04. The SMILES string of the molecule is Cc1cc(-c2cncc3cc(/C=C4/SC(=O)NC4=O)oc23)cnc1Cl. The second-order valence-electron chi connectivity index (χ2n) is 5.44. The van der Waals surface area contributed by atoms with Gasteiger partial charge in [0.1, 0.15) is 16.5 Å². The number of nitrogens with one attached hydrogen (secondary N) is 1. The van der Waals surface area contributed by atoms with Crippen LogP contribution >= 0.6 is 23.4 Å². The minimum absolute atomic E-state index is 0.294. The number of rotatable bonds is 2. The number of amides is 2. The smallest absolute Gasteiger partial charge is 0.290 e. The molecule has 0 radical (unpaired) electrons. The molecule has 1 aliphatic rings. The Kier molecular flexibility index (Phi) is 3.82. The van der Waals surface area contributed by atoms with Crippen LogP contribution in [0.25, 0.3) is 28.2 Å². The summed E-state index contributed by atoms with van der Waals surface area (Å²) in [6.45, 7) is 1.87. The maximum atomic E-state index is 11.7. The number of carbonyl (C=O) groups is 2. The first-order valence-electron chi connectivity index (χ1n) is 7.26. The second-order valence-corrected chi connectivity index (χ2v) is 6.81. The Hall–Kier alpha value is -2.64. The van der Waals surface area contributed by atoms with Crippen molar-refractivity contribution in [2.24, 2.45) is 0 Å². The molecule has 2 amide bonds. The fourth-order valence-corrected chi connectivity index (χ4v) is 3.28. The van der Waals surface area contributed by atoms with E-state index in [1.807, 2.05) is 13.0 Å². The fraction of sp³-hybridized carbons (Fsp3) is 0.0588. The Labute approximate surface area is 151 Å². The number of halogens is 1. The number of fused-ring (bicyclic) bond motifs is 1. The van der Waals surface area contributed by atoms with E-state index in [-0.39, 0.29) is 0 Å². The van der Waals surface area contributed by atoms with Gasteiger partial charge in [-0.2, -0.15) is 0 Å². The van der Waals surface area contributed by atoms with Gasteiger partial charge in [-0.05, 0) is 36.4 Å². The van der Waals surface area contributed by atoms with E-state index in [1.165, 1.54) is 0 Å². The molecule has 0 saturated carbocycles. The molecule has 124 valence electrons. The van der Waals surface area contributed by atoms with E-state index in [2.05, 4.69) is 15.3 Å². The quantitative estimate of drug-likeness (QED) is 0.537. The van der Waals surface area contributed by atoms with Crippen molar-refractivity contribution < 1.29 is 14.0 Å². The van der Waals surface area contributed by atoms with Crippen LogP contribution in [0.4, 0.5) is 4.79 Å². The minimum atomic E-state index is -0.425. The summed E-state index contributed by atoms with van der Waals surface area (Å²) in [4.78, 5) is 31.6. The summed E-state index contributed by atoms with van der Waals surface area (Å²) in [7, 11) is 0. The summed E-state index contributed by atoms with van der Waals surface area (Å²) in [5.41, 5.74) is 3.08. The zero-order valence-corrected chi connectivity index (χ0v) is 14.4. The van der Waals surface area contributed by atoms with E-state index in [1.54, 1.807) is 30.7 Å². The molecule has 3 aromatic heterocycles. The van der Waals surface area contributed by atoms with Gasteiger partial charge in [0.15, 0.2) is 0 Å². The molecular weight excluding hydrogens is 362 g/mol. The molecule has 1 N–H and O–H groups in total. The van der Waals surface area contributed by atoms with Gasteiger partial charge in [-0.3, -0.25) is 19.9 Å². The van der Waals surface area contributed by atoms with Gasteiger partial charge in [0, 0.05) is 41.2 Å². The van der Waals surface area contributed by atoms with Gasteiger partial charge in [-0.25, -0.2) is 4.98 Å². The number of hydrogen-bond acceptors (Lipinski definition) is 6. The molecule has 1 saturated heterocycles. The Morgan fingerprint density at radius 3 is 2.80 bits per heavy atom. The van der Waals surface area contributed by atoms with Crippen molar-refractivity contribution in [3.8, 4) is 11.1 Å². The van der Waals surface area contributed by atoms with E-state index in [9.17, 15) is 9.59 Å². The fourth-order valence-electron chi connectivity index (χ4n) is 2.51. The number of aromatic nitrogens is 2. The summed E-state index contributed by atoms with van der Waals surface area (Å²) in [5, 5.41) is 3.05. The molecule has 8 heteroatoms. The van der Waals surface area contributed by atoms with E-state index in [4.69, 9.17) is 16.0 Å². The van der Waals surface area contributed by atoms with Gasteiger partial charge in [0.25, 0.3) is 11.1 Å².